The number of hydrogen-bond acceptors (Lipinski definition) is 2. The topological polar surface area (TPSA) is 9.23 Å². The molecule has 0 saturated carbocycles. The molecule has 0 radical (unpaired) electrons. The van der Waals surface area contributed by atoms with Crippen molar-refractivity contribution in [3.8, 4) is 0 Å². The Bertz CT molecular complexity index is 368. The van der Waals surface area contributed by atoms with E-state index >= 15 is 0 Å². The fourth-order valence-electron chi connectivity index (χ4n) is 1.20. The van der Waals surface area contributed by atoms with Crippen molar-refractivity contribution < 1.29 is 17.9 Å². The number of benzene rings is 1. The van der Waals surface area contributed by atoms with Crippen molar-refractivity contribution in [1.82, 2.24) is 0 Å². The summed E-state index contributed by atoms with van der Waals surface area (Å²) in [5.41, 5.74) is -0.782. The Hall–Kier alpha value is -0.390. The highest BCUT2D eigenvalue weighted by atomic mass is 35.5. The molecule has 0 bridgehead atoms. The zero-order valence-electron chi connectivity index (χ0n) is 9.18. The third-order valence-electron chi connectivity index (χ3n) is 2.00. The van der Waals surface area contributed by atoms with Crippen molar-refractivity contribution in [3.05, 3.63) is 28.8 Å². The predicted molar refractivity (Wildman–Crippen MR) is 63.7 cm³/mol. The van der Waals surface area contributed by atoms with Crippen molar-refractivity contribution in [3.63, 3.8) is 0 Å². The van der Waals surface area contributed by atoms with Crippen LogP contribution in [0.3, 0.4) is 0 Å². The Kier molecular flexibility index (Phi) is 5.62. The van der Waals surface area contributed by atoms with Gasteiger partial charge in [0.25, 0.3) is 0 Å². The smallest absolute Gasteiger partial charge is 0.385 e. The molecule has 0 saturated heterocycles. The van der Waals surface area contributed by atoms with Gasteiger partial charge >= 0.3 is 6.18 Å². The highest BCUT2D eigenvalue weighted by Gasteiger charge is 2.33. The fourth-order valence-corrected chi connectivity index (χ4v) is 2.29. The van der Waals surface area contributed by atoms with Gasteiger partial charge in [0.2, 0.25) is 0 Å². The first-order chi connectivity index (χ1) is 7.95. The summed E-state index contributed by atoms with van der Waals surface area (Å²) in [6, 6.07) is 3.96. The highest BCUT2D eigenvalue weighted by Crippen LogP contribution is 2.37. The van der Waals surface area contributed by atoms with E-state index in [9.17, 15) is 13.2 Å². The van der Waals surface area contributed by atoms with Gasteiger partial charge in [-0.15, -0.1) is 11.8 Å². The molecule has 0 spiro atoms. The van der Waals surface area contributed by atoms with Gasteiger partial charge in [-0.3, -0.25) is 0 Å². The summed E-state index contributed by atoms with van der Waals surface area (Å²) in [6.45, 7) is 0.604. The molecule has 0 fully saturated rings. The van der Waals surface area contributed by atoms with Gasteiger partial charge < -0.3 is 4.74 Å². The quantitative estimate of drug-likeness (QED) is 0.582. The van der Waals surface area contributed by atoms with Gasteiger partial charge in [0.05, 0.1) is 10.6 Å². The van der Waals surface area contributed by atoms with E-state index in [1.165, 1.54) is 17.8 Å². The Morgan fingerprint density at radius 3 is 2.65 bits per heavy atom. The number of ether oxygens (including phenoxy) is 1. The summed E-state index contributed by atoms with van der Waals surface area (Å²) in [5.74, 6) is 0.715. The van der Waals surface area contributed by atoms with Crippen LogP contribution in [0.2, 0.25) is 5.02 Å². The molecular formula is C11H12ClF3OS. The zero-order chi connectivity index (χ0) is 12.9. The molecule has 0 aliphatic heterocycles. The van der Waals surface area contributed by atoms with E-state index in [1.807, 2.05) is 0 Å². The van der Waals surface area contributed by atoms with Crippen LogP contribution in [0, 0.1) is 0 Å². The summed E-state index contributed by atoms with van der Waals surface area (Å²) in [7, 11) is 1.59. The van der Waals surface area contributed by atoms with Crippen LogP contribution >= 0.6 is 23.4 Å². The van der Waals surface area contributed by atoms with Crippen molar-refractivity contribution >= 4 is 23.4 Å². The van der Waals surface area contributed by atoms with Gasteiger partial charge in [0.15, 0.2) is 0 Å². The minimum Gasteiger partial charge on any atom is -0.385 e. The average Bonchev–Trinajstić information content (AvgIpc) is 2.25. The predicted octanol–water partition coefficient (Wildman–Crippen LogP) is 4.49. The molecule has 0 aliphatic rings. The SMILES string of the molecule is COCCCSc1ccc(Cl)c(C(F)(F)F)c1. The number of rotatable bonds is 5. The molecule has 1 aromatic rings. The first kappa shape index (κ1) is 14.7. The van der Waals surface area contributed by atoms with Crippen molar-refractivity contribution in [2.45, 2.75) is 17.5 Å². The Balaban J connectivity index is 2.69. The van der Waals surface area contributed by atoms with Gasteiger partial charge in [-0.25, -0.2) is 0 Å². The van der Waals surface area contributed by atoms with Crippen LogP contribution < -0.4 is 0 Å². The maximum Gasteiger partial charge on any atom is 0.417 e. The fraction of sp³-hybridized carbons (Fsp3) is 0.455. The van der Waals surface area contributed by atoms with Crippen LogP contribution in [0.25, 0.3) is 0 Å². The largest absolute Gasteiger partial charge is 0.417 e. The summed E-state index contributed by atoms with van der Waals surface area (Å²) in [6.07, 6.45) is -3.61. The van der Waals surface area contributed by atoms with Crippen molar-refractivity contribution in [1.29, 1.82) is 0 Å². The molecule has 0 aliphatic carbocycles. The van der Waals surface area contributed by atoms with E-state index in [1.54, 1.807) is 13.2 Å². The Morgan fingerprint density at radius 1 is 1.35 bits per heavy atom. The average molecular weight is 285 g/mol. The van der Waals surface area contributed by atoms with Gasteiger partial charge in [0, 0.05) is 24.4 Å². The molecule has 1 aromatic carbocycles. The summed E-state index contributed by atoms with van der Waals surface area (Å²) < 4.78 is 42.5. The number of thioether (sulfide) groups is 1. The Labute approximate surface area is 107 Å². The lowest BCUT2D eigenvalue weighted by Crippen LogP contribution is -2.05. The van der Waals surface area contributed by atoms with E-state index in [4.69, 9.17) is 16.3 Å². The van der Waals surface area contributed by atoms with Gasteiger partial charge in [-0.2, -0.15) is 13.2 Å². The molecule has 1 rings (SSSR count). The lowest BCUT2D eigenvalue weighted by Gasteiger charge is -2.10. The molecular weight excluding hydrogens is 273 g/mol. The molecule has 17 heavy (non-hydrogen) atoms. The molecule has 96 valence electrons. The molecule has 0 heterocycles. The van der Waals surface area contributed by atoms with Crippen molar-refractivity contribution in [2.75, 3.05) is 19.5 Å². The monoisotopic (exact) mass is 284 g/mol. The van der Waals surface area contributed by atoms with Crippen LogP contribution in [-0.4, -0.2) is 19.5 Å². The van der Waals surface area contributed by atoms with Crippen molar-refractivity contribution in [2.24, 2.45) is 0 Å². The van der Waals surface area contributed by atoms with Crippen LogP contribution in [0.5, 0.6) is 0 Å². The first-order valence-electron chi connectivity index (χ1n) is 4.93. The molecule has 0 amide bonds. The van der Waals surface area contributed by atoms with E-state index in [-0.39, 0.29) is 5.02 Å². The first-order valence-corrected chi connectivity index (χ1v) is 6.30. The third-order valence-corrected chi connectivity index (χ3v) is 3.41. The van der Waals surface area contributed by atoms with E-state index in [0.717, 1.165) is 12.5 Å². The zero-order valence-corrected chi connectivity index (χ0v) is 10.8. The number of alkyl halides is 3. The second-order valence-corrected chi connectivity index (χ2v) is 4.91. The van der Waals surface area contributed by atoms with E-state index in [0.29, 0.717) is 17.3 Å². The number of methoxy groups -OCH3 is 1. The van der Waals surface area contributed by atoms with Gasteiger partial charge in [-0.05, 0) is 24.6 Å². The molecule has 0 atom stereocenters. The normalized spacial score (nSPS) is 11.8. The molecule has 6 heteroatoms. The summed E-state index contributed by atoms with van der Waals surface area (Å²) >= 11 is 6.88. The van der Waals surface area contributed by atoms with Gasteiger partial charge in [0.1, 0.15) is 0 Å². The molecule has 0 unspecified atom stereocenters. The second kappa shape index (κ2) is 6.52. The van der Waals surface area contributed by atoms with Crippen LogP contribution in [0.15, 0.2) is 23.1 Å². The minimum atomic E-state index is -4.40. The second-order valence-electron chi connectivity index (χ2n) is 3.33. The summed E-state index contributed by atoms with van der Waals surface area (Å²) in [5, 5.41) is -0.265. The third kappa shape index (κ3) is 4.77. The molecule has 0 aromatic heterocycles. The van der Waals surface area contributed by atoms with Crippen LogP contribution in [0.4, 0.5) is 13.2 Å². The number of hydrogen-bond donors (Lipinski definition) is 0. The standard InChI is InChI=1S/C11H12ClF3OS/c1-16-5-2-6-17-8-3-4-10(12)9(7-8)11(13,14)15/h3-4,7H,2,5-6H2,1H3. The Morgan fingerprint density at radius 2 is 2.06 bits per heavy atom. The molecule has 0 N–H and O–H groups in total. The van der Waals surface area contributed by atoms with Crippen LogP contribution in [-0.2, 0) is 10.9 Å². The summed E-state index contributed by atoms with van der Waals surface area (Å²) in [4.78, 5) is 0.567. The number of halogens is 4. The van der Waals surface area contributed by atoms with E-state index < -0.39 is 11.7 Å². The van der Waals surface area contributed by atoms with E-state index in [2.05, 4.69) is 0 Å². The maximum absolute atomic E-state index is 12.6. The maximum atomic E-state index is 12.6. The molecule has 1 nitrogen and oxygen atoms in total. The lowest BCUT2D eigenvalue weighted by molar-refractivity contribution is -0.137. The minimum absolute atomic E-state index is 0.265. The highest BCUT2D eigenvalue weighted by molar-refractivity contribution is 7.99. The lowest BCUT2D eigenvalue weighted by atomic mass is 10.2. The van der Waals surface area contributed by atoms with Gasteiger partial charge in [-0.1, -0.05) is 11.6 Å². The van der Waals surface area contributed by atoms with Crippen LogP contribution in [0.1, 0.15) is 12.0 Å².